The maximum atomic E-state index is 14.0. The van der Waals surface area contributed by atoms with Crippen LogP contribution in [0.2, 0.25) is 0 Å². The maximum absolute atomic E-state index is 14.0. The van der Waals surface area contributed by atoms with Crippen molar-refractivity contribution in [1.29, 1.82) is 0 Å². The summed E-state index contributed by atoms with van der Waals surface area (Å²) in [6.45, 7) is 6.70. The quantitative estimate of drug-likeness (QED) is 0.498. The van der Waals surface area contributed by atoms with Crippen LogP contribution in [0.5, 0.6) is 0 Å². The van der Waals surface area contributed by atoms with Crippen LogP contribution in [-0.4, -0.2) is 37.6 Å². The van der Waals surface area contributed by atoms with Gasteiger partial charge in [0.25, 0.3) is 0 Å². The van der Waals surface area contributed by atoms with E-state index in [2.05, 4.69) is 27.8 Å². The SMILES string of the molecule is CCCCCCCN1CCN(c2ccc(Br)c(F)c2F)CC1. The highest BCUT2D eigenvalue weighted by Gasteiger charge is 2.21. The van der Waals surface area contributed by atoms with E-state index >= 15 is 0 Å². The minimum Gasteiger partial charge on any atom is -0.367 e. The first kappa shape index (κ1) is 17.7. The van der Waals surface area contributed by atoms with Gasteiger partial charge in [0.1, 0.15) is 0 Å². The fourth-order valence-corrected chi connectivity index (χ4v) is 3.22. The van der Waals surface area contributed by atoms with Gasteiger partial charge in [-0.05, 0) is 41.0 Å². The van der Waals surface area contributed by atoms with Crippen molar-refractivity contribution < 1.29 is 8.78 Å². The Hall–Kier alpha value is -0.680. The number of unbranched alkanes of at least 4 members (excludes halogenated alkanes) is 4. The van der Waals surface area contributed by atoms with Crippen molar-refractivity contribution in [3.8, 4) is 0 Å². The van der Waals surface area contributed by atoms with E-state index in [1.54, 1.807) is 12.1 Å². The van der Waals surface area contributed by atoms with Crippen LogP contribution in [0, 0.1) is 11.6 Å². The van der Waals surface area contributed by atoms with Crippen LogP contribution in [0.3, 0.4) is 0 Å². The van der Waals surface area contributed by atoms with Crippen LogP contribution < -0.4 is 4.90 Å². The molecule has 1 heterocycles. The summed E-state index contributed by atoms with van der Waals surface area (Å²) >= 11 is 3.02. The molecule has 5 heteroatoms. The number of piperazine rings is 1. The summed E-state index contributed by atoms with van der Waals surface area (Å²) in [4.78, 5) is 4.37. The average molecular weight is 375 g/mol. The van der Waals surface area contributed by atoms with E-state index in [9.17, 15) is 8.78 Å². The van der Waals surface area contributed by atoms with Crippen LogP contribution in [0.4, 0.5) is 14.5 Å². The van der Waals surface area contributed by atoms with Crippen molar-refractivity contribution in [2.45, 2.75) is 39.0 Å². The van der Waals surface area contributed by atoms with Gasteiger partial charge in [-0.25, -0.2) is 8.78 Å². The van der Waals surface area contributed by atoms with E-state index in [1.807, 2.05) is 4.90 Å². The van der Waals surface area contributed by atoms with E-state index in [0.29, 0.717) is 5.69 Å². The summed E-state index contributed by atoms with van der Waals surface area (Å²) in [7, 11) is 0. The normalized spacial score (nSPS) is 16.3. The topological polar surface area (TPSA) is 6.48 Å². The molecule has 1 aromatic carbocycles. The van der Waals surface area contributed by atoms with Crippen molar-refractivity contribution >= 4 is 21.6 Å². The molecule has 0 spiro atoms. The first-order valence-electron chi connectivity index (χ1n) is 8.24. The molecule has 1 aliphatic rings. The van der Waals surface area contributed by atoms with Gasteiger partial charge < -0.3 is 4.90 Å². The summed E-state index contributed by atoms with van der Waals surface area (Å²) in [6, 6.07) is 3.23. The lowest BCUT2D eigenvalue weighted by molar-refractivity contribution is 0.251. The number of anilines is 1. The summed E-state index contributed by atoms with van der Waals surface area (Å²) in [5.74, 6) is -1.54. The van der Waals surface area contributed by atoms with Crippen LogP contribution in [0.1, 0.15) is 39.0 Å². The third-order valence-electron chi connectivity index (χ3n) is 4.31. The molecule has 0 unspecified atom stereocenters. The fraction of sp³-hybridized carbons (Fsp3) is 0.647. The first-order valence-corrected chi connectivity index (χ1v) is 9.03. The number of halogens is 3. The number of hydrogen-bond donors (Lipinski definition) is 0. The molecule has 0 aromatic heterocycles. The largest absolute Gasteiger partial charge is 0.367 e. The van der Waals surface area contributed by atoms with Crippen LogP contribution in [-0.2, 0) is 0 Å². The molecule has 1 aromatic rings. The second-order valence-electron chi connectivity index (χ2n) is 5.94. The van der Waals surface area contributed by atoms with Crippen LogP contribution in [0.15, 0.2) is 16.6 Å². The lowest BCUT2D eigenvalue weighted by Gasteiger charge is -2.36. The van der Waals surface area contributed by atoms with Crippen molar-refractivity contribution in [2.75, 3.05) is 37.6 Å². The van der Waals surface area contributed by atoms with E-state index in [-0.39, 0.29) is 4.47 Å². The monoisotopic (exact) mass is 374 g/mol. The zero-order valence-corrected chi connectivity index (χ0v) is 14.8. The second-order valence-corrected chi connectivity index (χ2v) is 6.79. The highest BCUT2D eigenvalue weighted by molar-refractivity contribution is 9.10. The van der Waals surface area contributed by atoms with Crippen molar-refractivity contribution in [3.63, 3.8) is 0 Å². The number of benzene rings is 1. The van der Waals surface area contributed by atoms with Gasteiger partial charge in [0.15, 0.2) is 11.6 Å². The number of rotatable bonds is 7. The van der Waals surface area contributed by atoms with E-state index in [0.717, 1.165) is 32.7 Å². The molecule has 0 bridgehead atoms. The molecule has 2 rings (SSSR count). The van der Waals surface area contributed by atoms with E-state index in [4.69, 9.17) is 0 Å². The van der Waals surface area contributed by atoms with Gasteiger partial charge in [-0.15, -0.1) is 0 Å². The zero-order valence-electron chi connectivity index (χ0n) is 13.3. The van der Waals surface area contributed by atoms with Gasteiger partial charge >= 0.3 is 0 Å². The predicted molar refractivity (Wildman–Crippen MR) is 91.5 cm³/mol. The molecule has 0 aliphatic carbocycles. The predicted octanol–water partition coefficient (Wildman–Crippen LogP) is 4.82. The molecule has 1 fully saturated rings. The molecule has 0 saturated carbocycles. The van der Waals surface area contributed by atoms with Gasteiger partial charge in [-0.1, -0.05) is 32.6 Å². The highest BCUT2D eigenvalue weighted by Crippen LogP contribution is 2.27. The Kier molecular flexibility index (Phi) is 7.09. The molecule has 0 radical (unpaired) electrons. The molecule has 1 saturated heterocycles. The Balaban J connectivity index is 1.79. The van der Waals surface area contributed by atoms with Crippen molar-refractivity contribution in [3.05, 3.63) is 28.2 Å². The Labute approximate surface area is 140 Å². The molecule has 2 nitrogen and oxygen atoms in total. The lowest BCUT2D eigenvalue weighted by atomic mass is 10.1. The van der Waals surface area contributed by atoms with Gasteiger partial charge in [0.2, 0.25) is 0 Å². The summed E-state index contributed by atoms with van der Waals surface area (Å²) in [5, 5.41) is 0. The average Bonchev–Trinajstić information content (AvgIpc) is 2.53. The summed E-state index contributed by atoms with van der Waals surface area (Å²) < 4.78 is 27.8. The molecule has 0 atom stereocenters. The highest BCUT2D eigenvalue weighted by atomic mass is 79.9. The van der Waals surface area contributed by atoms with Crippen molar-refractivity contribution in [1.82, 2.24) is 4.90 Å². The molecule has 0 amide bonds. The summed E-state index contributed by atoms with van der Waals surface area (Å²) in [5.41, 5.74) is 0.378. The van der Waals surface area contributed by atoms with Gasteiger partial charge in [-0.2, -0.15) is 0 Å². The fourth-order valence-electron chi connectivity index (χ4n) is 2.91. The molecular formula is C17H25BrF2N2. The van der Waals surface area contributed by atoms with Gasteiger partial charge in [0.05, 0.1) is 10.2 Å². The van der Waals surface area contributed by atoms with Crippen molar-refractivity contribution in [2.24, 2.45) is 0 Å². The number of hydrogen-bond acceptors (Lipinski definition) is 2. The third kappa shape index (κ3) is 4.66. The smallest absolute Gasteiger partial charge is 0.183 e. The zero-order chi connectivity index (χ0) is 15.9. The van der Waals surface area contributed by atoms with Gasteiger partial charge in [-0.3, -0.25) is 4.90 Å². The molecule has 0 N–H and O–H groups in total. The molecular weight excluding hydrogens is 350 g/mol. The number of nitrogens with zero attached hydrogens (tertiary/aromatic N) is 2. The minimum atomic E-state index is -0.796. The van der Waals surface area contributed by atoms with Crippen LogP contribution in [0.25, 0.3) is 0 Å². The lowest BCUT2D eigenvalue weighted by Crippen LogP contribution is -2.47. The first-order chi connectivity index (χ1) is 10.6. The minimum absolute atomic E-state index is 0.180. The Morgan fingerprint density at radius 1 is 0.955 bits per heavy atom. The standard InChI is InChI=1S/C17H25BrF2N2/c1-2-3-4-5-6-9-21-10-12-22(13-11-21)15-8-7-14(18)16(19)17(15)20/h7-8H,2-6,9-13H2,1H3. The van der Waals surface area contributed by atoms with E-state index < -0.39 is 11.6 Å². The Morgan fingerprint density at radius 3 is 2.32 bits per heavy atom. The van der Waals surface area contributed by atoms with E-state index in [1.165, 1.54) is 32.1 Å². The maximum Gasteiger partial charge on any atom is 0.183 e. The Morgan fingerprint density at radius 2 is 1.64 bits per heavy atom. The summed E-state index contributed by atoms with van der Waals surface area (Å²) in [6.07, 6.45) is 6.44. The molecule has 22 heavy (non-hydrogen) atoms. The molecule has 124 valence electrons. The second kappa shape index (κ2) is 8.82. The van der Waals surface area contributed by atoms with Gasteiger partial charge in [0, 0.05) is 26.2 Å². The Bertz CT molecular complexity index is 474. The molecule has 1 aliphatic heterocycles. The third-order valence-corrected chi connectivity index (χ3v) is 4.92. The van der Waals surface area contributed by atoms with Crippen LogP contribution >= 0.6 is 15.9 Å².